The van der Waals surface area contributed by atoms with Crippen molar-refractivity contribution in [3.63, 3.8) is 0 Å². The molecule has 2 rings (SSSR count). The van der Waals surface area contributed by atoms with E-state index in [1.54, 1.807) is 0 Å². The highest BCUT2D eigenvalue weighted by atomic mass is 28.3. The van der Waals surface area contributed by atoms with Crippen LogP contribution in [0.25, 0.3) is 0 Å². The van der Waals surface area contributed by atoms with Gasteiger partial charge >= 0.3 is 0 Å². The van der Waals surface area contributed by atoms with Crippen LogP contribution in [0.3, 0.4) is 0 Å². The standard InChI is InChI=1S/C15H32OSi2/c1-17(2,3)14-11-9-7-8-10-12(11)15(13(14)16)18(4,5)6/h11-16H,7-10H2,1-6H3. The van der Waals surface area contributed by atoms with Crippen molar-refractivity contribution in [1.29, 1.82) is 0 Å². The first-order valence-corrected chi connectivity index (χ1v) is 15.0. The van der Waals surface area contributed by atoms with Gasteiger partial charge in [-0.05, 0) is 22.9 Å². The Morgan fingerprint density at radius 3 is 1.33 bits per heavy atom. The molecule has 0 radical (unpaired) electrons. The van der Waals surface area contributed by atoms with Crippen molar-refractivity contribution in [2.75, 3.05) is 0 Å². The zero-order chi connectivity index (χ0) is 13.7. The van der Waals surface area contributed by atoms with Gasteiger partial charge in [0.1, 0.15) is 0 Å². The molecule has 0 saturated heterocycles. The highest BCUT2D eigenvalue weighted by Gasteiger charge is 2.57. The SMILES string of the molecule is C[Si](C)(C)C1C(O)C([Si](C)(C)C)C2CCCCC21. The first kappa shape index (κ1) is 14.8. The van der Waals surface area contributed by atoms with Gasteiger partial charge < -0.3 is 5.11 Å². The highest BCUT2D eigenvalue weighted by molar-refractivity contribution is 6.80. The molecular formula is C15H32OSi2. The molecule has 3 heteroatoms. The van der Waals surface area contributed by atoms with E-state index in [-0.39, 0.29) is 6.10 Å². The predicted molar refractivity (Wildman–Crippen MR) is 85.6 cm³/mol. The molecule has 2 fully saturated rings. The van der Waals surface area contributed by atoms with Crippen molar-refractivity contribution in [2.24, 2.45) is 11.8 Å². The Labute approximate surface area is 115 Å². The molecular weight excluding hydrogens is 252 g/mol. The molecule has 0 aliphatic heterocycles. The molecule has 2 aliphatic rings. The minimum atomic E-state index is -1.24. The molecule has 0 aromatic heterocycles. The first-order chi connectivity index (χ1) is 8.14. The maximum absolute atomic E-state index is 11.0. The quantitative estimate of drug-likeness (QED) is 0.736. The van der Waals surface area contributed by atoms with E-state index in [0.717, 1.165) is 11.8 Å². The lowest BCUT2D eigenvalue weighted by molar-refractivity contribution is 0.170. The van der Waals surface area contributed by atoms with Crippen molar-refractivity contribution < 1.29 is 5.11 Å². The zero-order valence-corrected chi connectivity index (χ0v) is 15.2. The molecule has 4 unspecified atom stereocenters. The van der Waals surface area contributed by atoms with Crippen molar-refractivity contribution in [3.05, 3.63) is 0 Å². The molecule has 0 spiro atoms. The molecule has 0 amide bonds. The van der Waals surface area contributed by atoms with Crippen LogP contribution in [-0.2, 0) is 0 Å². The van der Waals surface area contributed by atoms with Crippen LogP contribution >= 0.6 is 0 Å². The number of hydrogen-bond acceptors (Lipinski definition) is 1. The summed E-state index contributed by atoms with van der Waals surface area (Å²) >= 11 is 0. The van der Waals surface area contributed by atoms with E-state index in [2.05, 4.69) is 39.3 Å². The maximum atomic E-state index is 11.0. The lowest BCUT2D eigenvalue weighted by Crippen LogP contribution is -2.41. The third-order valence-electron chi connectivity index (χ3n) is 5.53. The Balaban J connectivity index is 2.34. The van der Waals surface area contributed by atoms with Crippen LogP contribution in [0.1, 0.15) is 25.7 Å². The summed E-state index contributed by atoms with van der Waals surface area (Å²) in [5.41, 5.74) is 1.33. The molecule has 1 N–H and O–H groups in total. The third-order valence-corrected chi connectivity index (χ3v) is 11.1. The first-order valence-electron chi connectivity index (χ1n) is 7.82. The lowest BCUT2D eigenvalue weighted by Gasteiger charge is -2.37. The van der Waals surface area contributed by atoms with E-state index in [9.17, 15) is 5.11 Å². The molecule has 2 aliphatic carbocycles. The molecule has 4 atom stereocenters. The number of aliphatic hydroxyl groups is 1. The van der Waals surface area contributed by atoms with Gasteiger partial charge in [-0.15, -0.1) is 0 Å². The van der Waals surface area contributed by atoms with Gasteiger partial charge in [0, 0.05) is 0 Å². The normalized spacial score (nSPS) is 41.8. The van der Waals surface area contributed by atoms with Gasteiger partial charge in [-0.3, -0.25) is 0 Å². The molecule has 0 aromatic rings. The number of rotatable bonds is 2. The number of aliphatic hydroxyl groups excluding tert-OH is 1. The Kier molecular flexibility index (Phi) is 3.90. The van der Waals surface area contributed by atoms with E-state index in [1.807, 2.05) is 0 Å². The van der Waals surface area contributed by atoms with Gasteiger partial charge in [0.2, 0.25) is 0 Å². The summed E-state index contributed by atoms with van der Waals surface area (Å²) in [5.74, 6) is 1.72. The summed E-state index contributed by atoms with van der Waals surface area (Å²) < 4.78 is 0. The van der Waals surface area contributed by atoms with E-state index in [1.165, 1.54) is 25.7 Å². The summed E-state index contributed by atoms with van der Waals surface area (Å²) in [7, 11) is -2.49. The molecule has 2 saturated carbocycles. The number of hydrogen-bond donors (Lipinski definition) is 1. The monoisotopic (exact) mass is 284 g/mol. The second-order valence-corrected chi connectivity index (χ2v) is 19.7. The second-order valence-electron chi connectivity index (χ2n) is 8.89. The van der Waals surface area contributed by atoms with E-state index in [4.69, 9.17) is 0 Å². The second kappa shape index (κ2) is 4.74. The van der Waals surface area contributed by atoms with Gasteiger partial charge in [-0.25, -0.2) is 0 Å². The molecule has 0 bridgehead atoms. The van der Waals surface area contributed by atoms with Crippen LogP contribution in [0.2, 0.25) is 50.4 Å². The highest BCUT2D eigenvalue weighted by Crippen LogP contribution is 2.60. The predicted octanol–water partition coefficient (Wildman–Crippen LogP) is 4.58. The van der Waals surface area contributed by atoms with Crippen molar-refractivity contribution in [2.45, 2.75) is 82.2 Å². The minimum Gasteiger partial charge on any atom is -0.393 e. The van der Waals surface area contributed by atoms with Gasteiger partial charge in [-0.2, -0.15) is 0 Å². The molecule has 0 aromatic carbocycles. The van der Waals surface area contributed by atoms with Gasteiger partial charge in [-0.1, -0.05) is 65.0 Å². The van der Waals surface area contributed by atoms with Crippen LogP contribution < -0.4 is 0 Å². The zero-order valence-electron chi connectivity index (χ0n) is 13.2. The Bertz CT molecular complexity index is 273. The molecule has 106 valence electrons. The fourth-order valence-corrected chi connectivity index (χ4v) is 11.2. The van der Waals surface area contributed by atoms with Crippen molar-refractivity contribution >= 4 is 16.1 Å². The topological polar surface area (TPSA) is 20.2 Å². The fourth-order valence-electron chi connectivity index (χ4n) is 5.12. The number of fused-ring (bicyclic) bond motifs is 1. The molecule has 0 heterocycles. The van der Waals surface area contributed by atoms with Crippen LogP contribution in [-0.4, -0.2) is 27.4 Å². The van der Waals surface area contributed by atoms with Gasteiger partial charge in [0.15, 0.2) is 0 Å². The largest absolute Gasteiger partial charge is 0.393 e. The van der Waals surface area contributed by atoms with Crippen molar-refractivity contribution in [3.8, 4) is 0 Å². The lowest BCUT2D eigenvalue weighted by atomic mass is 9.81. The summed E-state index contributed by atoms with van der Waals surface area (Å²) in [6.07, 6.45) is 5.65. The van der Waals surface area contributed by atoms with E-state index < -0.39 is 16.1 Å². The Hall–Kier alpha value is 0.394. The Morgan fingerprint density at radius 1 is 0.722 bits per heavy atom. The van der Waals surface area contributed by atoms with Crippen LogP contribution in [0.15, 0.2) is 0 Å². The summed E-state index contributed by atoms with van der Waals surface area (Å²) in [6, 6.07) is 0. The minimum absolute atomic E-state index is 0.0245. The van der Waals surface area contributed by atoms with Gasteiger partial charge in [0.05, 0.1) is 22.3 Å². The average Bonchev–Trinajstić information content (AvgIpc) is 2.47. The Morgan fingerprint density at radius 2 is 1.06 bits per heavy atom. The third kappa shape index (κ3) is 2.50. The summed E-state index contributed by atoms with van der Waals surface area (Å²) in [5, 5.41) is 11.0. The summed E-state index contributed by atoms with van der Waals surface area (Å²) in [4.78, 5) is 0. The maximum Gasteiger partial charge on any atom is 0.0554 e. The molecule has 1 nitrogen and oxygen atoms in total. The van der Waals surface area contributed by atoms with E-state index in [0.29, 0.717) is 11.1 Å². The average molecular weight is 285 g/mol. The summed E-state index contributed by atoms with van der Waals surface area (Å²) in [6.45, 7) is 14.8. The van der Waals surface area contributed by atoms with Crippen molar-refractivity contribution in [1.82, 2.24) is 0 Å². The van der Waals surface area contributed by atoms with Crippen LogP contribution in [0.4, 0.5) is 0 Å². The smallest absolute Gasteiger partial charge is 0.0554 e. The molecule has 18 heavy (non-hydrogen) atoms. The fraction of sp³-hybridized carbons (Fsp3) is 1.00. The van der Waals surface area contributed by atoms with Crippen LogP contribution in [0.5, 0.6) is 0 Å². The van der Waals surface area contributed by atoms with Gasteiger partial charge in [0.25, 0.3) is 0 Å². The van der Waals surface area contributed by atoms with E-state index >= 15 is 0 Å². The van der Waals surface area contributed by atoms with Crippen LogP contribution in [0, 0.1) is 11.8 Å².